The number of carbonyl (C=O) groups is 1. The van der Waals surface area contributed by atoms with E-state index in [4.69, 9.17) is 4.74 Å². The highest BCUT2D eigenvalue weighted by Gasteiger charge is 2.50. The largest absolute Gasteiger partial charge is 0.380 e. The van der Waals surface area contributed by atoms with Crippen molar-refractivity contribution in [1.82, 2.24) is 0 Å². The molecule has 3 heteroatoms. The molecule has 0 saturated heterocycles. The normalized spacial score (nSPS) is 14.9. The molecular formula is C27H35IO2. The van der Waals surface area contributed by atoms with Crippen LogP contribution >= 0.6 is 22.6 Å². The monoisotopic (exact) mass is 518 g/mol. The van der Waals surface area contributed by atoms with E-state index in [0.717, 1.165) is 30.4 Å². The summed E-state index contributed by atoms with van der Waals surface area (Å²) in [4.78, 5) is 14.1. The van der Waals surface area contributed by atoms with E-state index in [-0.39, 0.29) is 3.92 Å². The lowest BCUT2D eigenvalue weighted by atomic mass is 9.73. The van der Waals surface area contributed by atoms with E-state index in [9.17, 15) is 4.79 Å². The maximum absolute atomic E-state index is 14.1. The summed E-state index contributed by atoms with van der Waals surface area (Å²) in [7, 11) is 0. The fourth-order valence-electron chi connectivity index (χ4n) is 4.69. The molecule has 1 aliphatic carbocycles. The Balaban J connectivity index is 1.86. The molecule has 1 aliphatic rings. The summed E-state index contributed by atoms with van der Waals surface area (Å²) in [5.41, 5.74) is 3.93. The lowest BCUT2D eigenvalue weighted by Gasteiger charge is -2.32. The number of alkyl halides is 1. The zero-order valence-corrected chi connectivity index (χ0v) is 20.6. The van der Waals surface area contributed by atoms with Crippen LogP contribution in [0, 0.1) is 0 Å². The maximum atomic E-state index is 14.1. The Morgan fingerprint density at radius 3 is 2.03 bits per heavy atom. The van der Waals surface area contributed by atoms with E-state index in [1.54, 1.807) is 0 Å². The van der Waals surface area contributed by atoms with Crippen LogP contribution in [-0.2, 0) is 14.9 Å². The first kappa shape index (κ1) is 23.5. The summed E-state index contributed by atoms with van der Waals surface area (Å²) in [6.07, 6.45) is 9.43. The van der Waals surface area contributed by atoms with Gasteiger partial charge in [-0.15, -0.1) is 0 Å². The standard InChI is InChI=1S/C27H35IO2/c1-3-5-6-7-8-9-18-25(28)26(29)27(20-30-19-4-2)23-16-12-10-14-21(23)22-15-11-13-17-24(22)27/h10-17,25H,3-9,18-20H2,1-2H3. The summed E-state index contributed by atoms with van der Waals surface area (Å²) in [6, 6.07) is 16.8. The quantitative estimate of drug-likeness (QED) is 0.156. The summed E-state index contributed by atoms with van der Waals surface area (Å²) < 4.78 is 6.10. The van der Waals surface area contributed by atoms with E-state index < -0.39 is 5.41 Å². The molecule has 0 saturated carbocycles. The highest BCUT2D eigenvalue weighted by Crippen LogP contribution is 2.50. The van der Waals surface area contributed by atoms with Gasteiger partial charge >= 0.3 is 0 Å². The second-order valence-electron chi connectivity index (χ2n) is 8.44. The third-order valence-corrected chi connectivity index (χ3v) is 7.44. The molecule has 3 rings (SSSR count). The summed E-state index contributed by atoms with van der Waals surface area (Å²) >= 11 is 2.39. The van der Waals surface area contributed by atoms with Crippen molar-refractivity contribution in [1.29, 1.82) is 0 Å². The number of ether oxygens (including phenoxy) is 1. The van der Waals surface area contributed by atoms with Crippen LogP contribution in [0.1, 0.15) is 76.3 Å². The Morgan fingerprint density at radius 2 is 1.43 bits per heavy atom. The topological polar surface area (TPSA) is 26.3 Å². The third kappa shape index (κ3) is 4.83. The fraction of sp³-hybridized carbons (Fsp3) is 0.519. The van der Waals surface area contributed by atoms with Gasteiger partial charge in [-0.3, -0.25) is 4.79 Å². The lowest BCUT2D eigenvalue weighted by Crippen LogP contribution is -2.44. The average molecular weight is 518 g/mol. The molecule has 0 amide bonds. The summed E-state index contributed by atoms with van der Waals surface area (Å²) in [6.45, 7) is 5.48. The molecule has 2 aromatic rings. The zero-order chi connectivity index (χ0) is 21.4. The van der Waals surface area contributed by atoms with E-state index >= 15 is 0 Å². The van der Waals surface area contributed by atoms with Gasteiger partial charge in [-0.25, -0.2) is 0 Å². The lowest BCUT2D eigenvalue weighted by molar-refractivity contribution is -0.124. The number of carbonyl (C=O) groups excluding carboxylic acids is 1. The number of halogens is 1. The minimum Gasteiger partial charge on any atom is -0.380 e. The van der Waals surface area contributed by atoms with Gasteiger partial charge in [0.15, 0.2) is 5.78 Å². The van der Waals surface area contributed by atoms with Gasteiger partial charge in [-0.05, 0) is 35.1 Å². The van der Waals surface area contributed by atoms with Crippen molar-refractivity contribution >= 4 is 28.4 Å². The number of rotatable bonds is 13. The van der Waals surface area contributed by atoms with Crippen LogP contribution < -0.4 is 0 Å². The van der Waals surface area contributed by atoms with Crippen molar-refractivity contribution in [3.63, 3.8) is 0 Å². The second kappa shape index (κ2) is 11.4. The van der Waals surface area contributed by atoms with Gasteiger partial charge in [0.1, 0.15) is 5.41 Å². The summed E-state index contributed by atoms with van der Waals surface area (Å²) in [5.74, 6) is 0.310. The Hall–Kier alpha value is -1.20. The molecular weight excluding hydrogens is 483 g/mol. The maximum Gasteiger partial charge on any atom is 0.162 e. The van der Waals surface area contributed by atoms with Crippen LogP contribution in [-0.4, -0.2) is 22.9 Å². The molecule has 0 heterocycles. The van der Waals surface area contributed by atoms with Gasteiger partial charge in [-0.2, -0.15) is 0 Å². The van der Waals surface area contributed by atoms with Crippen molar-refractivity contribution in [3.05, 3.63) is 59.7 Å². The molecule has 1 unspecified atom stereocenters. The molecule has 0 spiro atoms. The van der Waals surface area contributed by atoms with Crippen LogP contribution in [0.15, 0.2) is 48.5 Å². The van der Waals surface area contributed by atoms with Crippen LogP contribution in [0.5, 0.6) is 0 Å². The first-order chi connectivity index (χ1) is 14.7. The minimum atomic E-state index is -0.684. The number of fused-ring (bicyclic) bond motifs is 3. The fourth-order valence-corrected chi connectivity index (χ4v) is 5.66. The molecule has 0 aromatic heterocycles. The molecule has 2 aromatic carbocycles. The predicted octanol–water partition coefficient (Wildman–Crippen LogP) is 7.50. The highest BCUT2D eigenvalue weighted by atomic mass is 127. The Labute approximate surface area is 195 Å². The van der Waals surface area contributed by atoms with Gasteiger partial charge in [0.25, 0.3) is 0 Å². The van der Waals surface area contributed by atoms with Crippen LogP contribution in [0.3, 0.4) is 0 Å². The van der Waals surface area contributed by atoms with E-state index in [2.05, 4.69) is 85.0 Å². The molecule has 0 N–H and O–H groups in total. The van der Waals surface area contributed by atoms with Gasteiger partial charge in [0.2, 0.25) is 0 Å². The SMILES string of the molecule is CCCCCCCCC(I)C(=O)C1(COCCC)c2ccccc2-c2ccccc21. The molecule has 30 heavy (non-hydrogen) atoms. The number of hydrogen-bond donors (Lipinski definition) is 0. The first-order valence-electron chi connectivity index (χ1n) is 11.6. The van der Waals surface area contributed by atoms with E-state index in [1.807, 2.05) is 0 Å². The highest BCUT2D eigenvalue weighted by molar-refractivity contribution is 14.1. The smallest absolute Gasteiger partial charge is 0.162 e. The summed E-state index contributed by atoms with van der Waals surface area (Å²) in [5, 5.41) is 0. The van der Waals surface area contributed by atoms with Gasteiger partial charge in [-0.1, -0.05) is 123 Å². The second-order valence-corrected chi connectivity index (χ2v) is 9.94. The molecule has 2 nitrogen and oxygen atoms in total. The predicted molar refractivity (Wildman–Crippen MR) is 135 cm³/mol. The molecule has 0 radical (unpaired) electrons. The molecule has 1 atom stereocenters. The molecule has 0 bridgehead atoms. The van der Waals surface area contributed by atoms with Crippen LogP contribution in [0.2, 0.25) is 0 Å². The van der Waals surface area contributed by atoms with Crippen LogP contribution in [0.4, 0.5) is 0 Å². The van der Waals surface area contributed by atoms with Crippen molar-refractivity contribution in [2.45, 2.75) is 74.6 Å². The third-order valence-electron chi connectivity index (χ3n) is 6.25. The van der Waals surface area contributed by atoms with E-state index in [0.29, 0.717) is 19.0 Å². The van der Waals surface area contributed by atoms with Crippen molar-refractivity contribution in [3.8, 4) is 11.1 Å². The van der Waals surface area contributed by atoms with Gasteiger partial charge in [0.05, 0.1) is 10.5 Å². The first-order valence-corrected chi connectivity index (χ1v) is 12.9. The molecule has 162 valence electrons. The number of Topliss-reactive ketones (excluding diaryl/α,β-unsaturated/α-hetero) is 1. The number of benzene rings is 2. The van der Waals surface area contributed by atoms with Crippen molar-refractivity contribution < 1.29 is 9.53 Å². The number of unbranched alkanes of at least 4 members (excludes halogenated alkanes) is 5. The Bertz CT molecular complexity index is 784. The average Bonchev–Trinajstić information content (AvgIpc) is 3.07. The van der Waals surface area contributed by atoms with Gasteiger partial charge in [0, 0.05) is 6.61 Å². The Morgan fingerprint density at radius 1 is 0.867 bits per heavy atom. The number of hydrogen-bond acceptors (Lipinski definition) is 2. The van der Waals surface area contributed by atoms with Crippen molar-refractivity contribution in [2.24, 2.45) is 0 Å². The van der Waals surface area contributed by atoms with Gasteiger partial charge < -0.3 is 4.74 Å². The van der Waals surface area contributed by atoms with E-state index in [1.165, 1.54) is 43.2 Å². The number of ketones is 1. The van der Waals surface area contributed by atoms with Crippen LogP contribution in [0.25, 0.3) is 11.1 Å². The molecule has 0 fully saturated rings. The minimum absolute atomic E-state index is 0.00165. The zero-order valence-electron chi connectivity index (χ0n) is 18.5. The Kier molecular flexibility index (Phi) is 8.94. The molecule has 0 aliphatic heterocycles. The van der Waals surface area contributed by atoms with Crippen molar-refractivity contribution in [2.75, 3.05) is 13.2 Å².